The molecule has 0 radical (unpaired) electrons. The van der Waals surface area contributed by atoms with E-state index in [9.17, 15) is 4.79 Å². The first-order chi connectivity index (χ1) is 7.67. The average molecular weight is 224 g/mol. The van der Waals surface area contributed by atoms with Crippen molar-refractivity contribution in [3.63, 3.8) is 0 Å². The van der Waals surface area contributed by atoms with Gasteiger partial charge in [0.1, 0.15) is 5.82 Å². The second-order valence-corrected chi connectivity index (χ2v) is 3.95. The molecule has 0 aromatic carbocycles. The number of hydrogen-bond donors (Lipinski definition) is 2. The van der Waals surface area contributed by atoms with Crippen molar-refractivity contribution in [3.8, 4) is 0 Å². The van der Waals surface area contributed by atoms with Crippen molar-refractivity contribution in [1.82, 2.24) is 14.9 Å². The summed E-state index contributed by atoms with van der Waals surface area (Å²) in [5, 5.41) is 2.85. The average Bonchev–Trinajstić information content (AvgIpc) is 2.69. The number of carbonyl (C=O) groups is 1. The fourth-order valence-electron chi connectivity index (χ4n) is 1.47. The fourth-order valence-corrected chi connectivity index (χ4v) is 1.47. The molecule has 1 aromatic heterocycles. The normalized spacial score (nSPS) is 12.4. The van der Waals surface area contributed by atoms with Crippen LogP contribution in [0, 0.1) is 5.92 Å². The molecule has 16 heavy (non-hydrogen) atoms. The molecule has 0 aliphatic rings. The molecule has 90 valence electrons. The topological polar surface area (TPSA) is 72.9 Å². The number of amides is 1. The molecule has 5 heteroatoms. The van der Waals surface area contributed by atoms with E-state index in [1.54, 1.807) is 6.20 Å². The van der Waals surface area contributed by atoms with Crippen LogP contribution < -0.4 is 11.1 Å². The quantitative estimate of drug-likeness (QED) is 0.735. The van der Waals surface area contributed by atoms with Gasteiger partial charge in [0, 0.05) is 25.9 Å². The Labute approximate surface area is 96.0 Å². The van der Waals surface area contributed by atoms with E-state index in [0.717, 1.165) is 12.2 Å². The molecule has 1 rings (SSSR count). The van der Waals surface area contributed by atoms with Crippen molar-refractivity contribution in [1.29, 1.82) is 0 Å². The third kappa shape index (κ3) is 3.66. The highest BCUT2D eigenvalue weighted by atomic mass is 16.1. The largest absolute Gasteiger partial charge is 0.349 e. The lowest BCUT2D eigenvalue weighted by Crippen LogP contribution is -2.28. The molecule has 0 aliphatic carbocycles. The van der Waals surface area contributed by atoms with Gasteiger partial charge in [0.15, 0.2) is 0 Å². The van der Waals surface area contributed by atoms with E-state index in [2.05, 4.69) is 10.3 Å². The van der Waals surface area contributed by atoms with E-state index in [1.165, 1.54) is 0 Å². The molecular formula is C11H20N4O. The molecule has 3 N–H and O–H groups in total. The molecule has 1 aromatic rings. The molecule has 1 unspecified atom stereocenters. The van der Waals surface area contributed by atoms with Gasteiger partial charge in [-0.2, -0.15) is 0 Å². The number of hydrogen-bond acceptors (Lipinski definition) is 3. The van der Waals surface area contributed by atoms with Gasteiger partial charge in [0.25, 0.3) is 0 Å². The molecule has 0 saturated heterocycles. The van der Waals surface area contributed by atoms with Crippen LogP contribution in [0.3, 0.4) is 0 Å². The summed E-state index contributed by atoms with van der Waals surface area (Å²) in [6.45, 7) is 3.08. The predicted molar refractivity (Wildman–Crippen MR) is 62.5 cm³/mol. The van der Waals surface area contributed by atoms with Crippen molar-refractivity contribution in [3.05, 3.63) is 18.2 Å². The van der Waals surface area contributed by atoms with Crippen LogP contribution in [0.15, 0.2) is 12.4 Å². The number of nitrogens with two attached hydrogens (primary N) is 1. The SMILES string of the molecule is CCC(CN)CC(=O)NCc1nccn1C. The second kappa shape index (κ2) is 6.27. The van der Waals surface area contributed by atoms with Crippen molar-refractivity contribution >= 4 is 5.91 Å². The Kier molecular flexibility index (Phi) is 4.98. The van der Waals surface area contributed by atoms with Gasteiger partial charge in [-0.3, -0.25) is 4.79 Å². The summed E-state index contributed by atoms with van der Waals surface area (Å²) < 4.78 is 1.89. The molecule has 1 atom stereocenters. The van der Waals surface area contributed by atoms with Gasteiger partial charge in [-0.15, -0.1) is 0 Å². The van der Waals surface area contributed by atoms with Crippen LogP contribution in [-0.4, -0.2) is 22.0 Å². The first-order valence-corrected chi connectivity index (χ1v) is 5.60. The third-order valence-electron chi connectivity index (χ3n) is 2.75. The summed E-state index contributed by atoms with van der Waals surface area (Å²) in [7, 11) is 1.91. The predicted octanol–water partition coefficient (Wildman–Crippen LogP) is 0.411. The number of aryl methyl sites for hydroxylation is 1. The van der Waals surface area contributed by atoms with Crippen LogP contribution >= 0.6 is 0 Å². The van der Waals surface area contributed by atoms with Crippen LogP contribution in [-0.2, 0) is 18.4 Å². The maximum atomic E-state index is 11.6. The van der Waals surface area contributed by atoms with Crippen molar-refractivity contribution in [2.75, 3.05) is 6.54 Å². The van der Waals surface area contributed by atoms with Crippen LogP contribution in [0.2, 0.25) is 0 Å². The zero-order valence-corrected chi connectivity index (χ0v) is 9.94. The minimum atomic E-state index is 0.0419. The molecule has 1 heterocycles. The van der Waals surface area contributed by atoms with Crippen molar-refractivity contribution in [2.45, 2.75) is 26.3 Å². The number of aromatic nitrogens is 2. The summed E-state index contributed by atoms with van der Waals surface area (Å²) in [5.41, 5.74) is 5.55. The summed E-state index contributed by atoms with van der Waals surface area (Å²) in [6.07, 6.45) is 5.01. The minimum absolute atomic E-state index is 0.0419. The highest BCUT2D eigenvalue weighted by Gasteiger charge is 2.10. The highest BCUT2D eigenvalue weighted by molar-refractivity contribution is 5.76. The second-order valence-electron chi connectivity index (χ2n) is 3.95. The Morgan fingerprint density at radius 1 is 1.69 bits per heavy atom. The van der Waals surface area contributed by atoms with Crippen LogP contribution in [0.1, 0.15) is 25.6 Å². The van der Waals surface area contributed by atoms with E-state index in [4.69, 9.17) is 5.73 Å². The van der Waals surface area contributed by atoms with Gasteiger partial charge >= 0.3 is 0 Å². The Bertz CT molecular complexity index is 330. The number of imidazole rings is 1. The molecule has 0 saturated carbocycles. The lowest BCUT2D eigenvalue weighted by atomic mass is 10.0. The minimum Gasteiger partial charge on any atom is -0.349 e. The smallest absolute Gasteiger partial charge is 0.220 e. The first-order valence-electron chi connectivity index (χ1n) is 5.60. The Balaban J connectivity index is 2.33. The molecule has 0 aliphatic heterocycles. The molecule has 0 spiro atoms. The van der Waals surface area contributed by atoms with E-state index >= 15 is 0 Å². The zero-order valence-electron chi connectivity index (χ0n) is 9.94. The van der Waals surface area contributed by atoms with E-state index in [1.807, 2.05) is 24.7 Å². The van der Waals surface area contributed by atoms with Gasteiger partial charge in [-0.05, 0) is 12.5 Å². The Morgan fingerprint density at radius 3 is 2.94 bits per heavy atom. The van der Waals surface area contributed by atoms with E-state index in [0.29, 0.717) is 19.5 Å². The number of rotatable bonds is 6. The standard InChI is InChI=1S/C11H20N4O/c1-3-9(7-12)6-11(16)14-8-10-13-4-5-15(10)2/h4-5,9H,3,6-8,12H2,1-2H3,(H,14,16). The zero-order chi connectivity index (χ0) is 12.0. The van der Waals surface area contributed by atoms with E-state index < -0.39 is 0 Å². The maximum Gasteiger partial charge on any atom is 0.220 e. The van der Waals surface area contributed by atoms with Crippen molar-refractivity contribution < 1.29 is 4.79 Å². The lowest BCUT2D eigenvalue weighted by molar-refractivity contribution is -0.122. The molecule has 1 amide bonds. The summed E-state index contributed by atoms with van der Waals surface area (Å²) >= 11 is 0. The summed E-state index contributed by atoms with van der Waals surface area (Å²) in [5.74, 6) is 1.18. The lowest BCUT2D eigenvalue weighted by Gasteiger charge is -2.11. The molecule has 0 fully saturated rings. The third-order valence-corrected chi connectivity index (χ3v) is 2.75. The molecule has 5 nitrogen and oxygen atoms in total. The number of nitrogens with zero attached hydrogens (tertiary/aromatic N) is 2. The maximum absolute atomic E-state index is 11.6. The Hall–Kier alpha value is -1.36. The summed E-state index contributed by atoms with van der Waals surface area (Å²) in [4.78, 5) is 15.7. The molecular weight excluding hydrogens is 204 g/mol. The van der Waals surface area contributed by atoms with Crippen LogP contribution in [0.5, 0.6) is 0 Å². The van der Waals surface area contributed by atoms with Gasteiger partial charge in [0.05, 0.1) is 6.54 Å². The molecule has 0 bridgehead atoms. The van der Waals surface area contributed by atoms with Gasteiger partial charge in [-0.25, -0.2) is 4.98 Å². The Morgan fingerprint density at radius 2 is 2.44 bits per heavy atom. The van der Waals surface area contributed by atoms with Gasteiger partial charge in [-0.1, -0.05) is 13.3 Å². The fraction of sp³-hybridized carbons (Fsp3) is 0.636. The monoisotopic (exact) mass is 224 g/mol. The summed E-state index contributed by atoms with van der Waals surface area (Å²) in [6, 6.07) is 0. The van der Waals surface area contributed by atoms with Crippen molar-refractivity contribution in [2.24, 2.45) is 18.7 Å². The number of carbonyl (C=O) groups excluding carboxylic acids is 1. The van der Waals surface area contributed by atoms with Crippen LogP contribution in [0.25, 0.3) is 0 Å². The van der Waals surface area contributed by atoms with Gasteiger partial charge in [0.2, 0.25) is 5.91 Å². The highest BCUT2D eigenvalue weighted by Crippen LogP contribution is 2.05. The first kappa shape index (κ1) is 12.7. The van der Waals surface area contributed by atoms with Gasteiger partial charge < -0.3 is 15.6 Å². The van der Waals surface area contributed by atoms with Crippen LogP contribution in [0.4, 0.5) is 0 Å². The number of nitrogens with one attached hydrogen (secondary N) is 1. The van der Waals surface area contributed by atoms with E-state index in [-0.39, 0.29) is 11.8 Å².